The van der Waals surface area contributed by atoms with Crippen molar-refractivity contribution in [1.29, 1.82) is 0 Å². The highest BCUT2D eigenvalue weighted by molar-refractivity contribution is 6.32. The number of pyridine rings is 1. The number of amides is 1. The first-order valence-electron chi connectivity index (χ1n) is 7.14. The number of carbonyl (C=O) groups is 1. The smallest absolute Gasteiger partial charge is 0.254 e. The van der Waals surface area contributed by atoms with E-state index in [0.29, 0.717) is 18.5 Å². The Morgan fingerprint density at radius 2 is 2.00 bits per heavy atom. The normalized spacial score (nSPS) is 12.0. The van der Waals surface area contributed by atoms with Gasteiger partial charge in [0.2, 0.25) is 0 Å². The largest absolute Gasteiger partial charge is 0.388 e. The Morgan fingerprint density at radius 3 is 2.64 bits per heavy atom. The highest BCUT2D eigenvalue weighted by atomic mass is 35.5. The van der Waals surface area contributed by atoms with Crippen LogP contribution in [0.25, 0.3) is 0 Å². The number of hydrogen-bond acceptors (Lipinski definition) is 3. The van der Waals surface area contributed by atoms with E-state index in [9.17, 15) is 9.90 Å². The molecule has 2 aromatic rings. The minimum atomic E-state index is -0.603. The van der Waals surface area contributed by atoms with Gasteiger partial charge >= 0.3 is 0 Å². The summed E-state index contributed by atoms with van der Waals surface area (Å²) in [6.45, 7) is 4.02. The Labute approximate surface area is 135 Å². The van der Waals surface area contributed by atoms with Crippen LogP contribution in [0.1, 0.15) is 39.7 Å². The third-order valence-electron chi connectivity index (χ3n) is 3.42. The van der Waals surface area contributed by atoms with Crippen molar-refractivity contribution in [3.8, 4) is 0 Å². The number of aliphatic hydroxyl groups is 1. The third-order valence-corrected chi connectivity index (χ3v) is 3.69. The fourth-order valence-electron chi connectivity index (χ4n) is 2.32. The molecule has 22 heavy (non-hydrogen) atoms. The summed E-state index contributed by atoms with van der Waals surface area (Å²) in [6, 6.07) is 11.2. The summed E-state index contributed by atoms with van der Waals surface area (Å²) < 4.78 is 0. The molecule has 2 rings (SSSR count). The number of rotatable bonds is 5. The molecule has 1 aromatic heterocycles. The lowest BCUT2D eigenvalue weighted by Crippen LogP contribution is -2.27. The van der Waals surface area contributed by atoms with E-state index in [1.165, 1.54) is 0 Å². The van der Waals surface area contributed by atoms with E-state index in [1.807, 2.05) is 50.2 Å². The molecular weight excluding hydrogens is 300 g/mol. The Bertz CT molecular complexity index is 636. The molecule has 0 saturated carbocycles. The van der Waals surface area contributed by atoms with Gasteiger partial charge in [0.05, 0.1) is 11.7 Å². The monoisotopic (exact) mass is 318 g/mol. The van der Waals surface area contributed by atoms with Crippen LogP contribution in [0.5, 0.6) is 0 Å². The van der Waals surface area contributed by atoms with Gasteiger partial charge in [0.25, 0.3) is 5.91 Å². The molecule has 0 radical (unpaired) electrons. The number of nitrogens with zero attached hydrogens (tertiary/aromatic N) is 1. The summed E-state index contributed by atoms with van der Waals surface area (Å²) in [5.74, 6) is -0.268. The van der Waals surface area contributed by atoms with E-state index in [1.54, 1.807) is 0 Å². The van der Waals surface area contributed by atoms with Crippen molar-refractivity contribution in [3.63, 3.8) is 0 Å². The number of aliphatic hydroxyl groups excluding tert-OH is 1. The van der Waals surface area contributed by atoms with Crippen LogP contribution in [-0.2, 0) is 0 Å². The predicted molar refractivity (Wildman–Crippen MR) is 87.1 cm³/mol. The van der Waals surface area contributed by atoms with Crippen LogP contribution >= 0.6 is 11.6 Å². The number of hydrogen-bond donors (Lipinski definition) is 2. The van der Waals surface area contributed by atoms with Gasteiger partial charge in [-0.3, -0.25) is 4.79 Å². The summed E-state index contributed by atoms with van der Waals surface area (Å²) in [7, 11) is 0. The minimum Gasteiger partial charge on any atom is -0.388 e. The minimum absolute atomic E-state index is 0.207. The van der Waals surface area contributed by atoms with E-state index in [2.05, 4.69) is 10.3 Å². The van der Waals surface area contributed by atoms with Gasteiger partial charge in [-0.2, -0.15) is 0 Å². The molecule has 0 fully saturated rings. The SMILES string of the molecule is Cc1cc(C)c(C(=O)NCCC(O)c2ccccc2)c(Cl)n1. The maximum atomic E-state index is 12.2. The molecule has 1 atom stereocenters. The first-order chi connectivity index (χ1) is 10.5. The topological polar surface area (TPSA) is 62.2 Å². The van der Waals surface area contributed by atoms with E-state index in [0.717, 1.165) is 16.8 Å². The van der Waals surface area contributed by atoms with Crippen molar-refractivity contribution in [3.05, 3.63) is 63.9 Å². The first kappa shape index (κ1) is 16.5. The molecule has 1 amide bonds. The lowest BCUT2D eigenvalue weighted by Gasteiger charge is -2.13. The summed E-state index contributed by atoms with van der Waals surface area (Å²) in [6.07, 6.45) is -0.166. The van der Waals surface area contributed by atoms with Crippen LogP contribution in [0, 0.1) is 13.8 Å². The zero-order chi connectivity index (χ0) is 16.1. The fourth-order valence-corrected chi connectivity index (χ4v) is 2.68. The molecule has 0 aliphatic carbocycles. The van der Waals surface area contributed by atoms with Gasteiger partial charge in [0.1, 0.15) is 5.15 Å². The standard InChI is InChI=1S/C17H19ClN2O2/c1-11-10-12(2)20-16(18)15(11)17(22)19-9-8-14(21)13-6-4-3-5-7-13/h3-7,10,14,21H,8-9H2,1-2H3,(H,19,22). The Balaban J connectivity index is 1.94. The summed E-state index contributed by atoms with van der Waals surface area (Å²) in [5.41, 5.74) is 2.79. The quantitative estimate of drug-likeness (QED) is 0.832. The van der Waals surface area contributed by atoms with Crippen LogP contribution in [0.2, 0.25) is 5.15 Å². The summed E-state index contributed by atoms with van der Waals surface area (Å²) in [4.78, 5) is 16.3. The molecule has 0 aliphatic heterocycles. The molecule has 0 saturated heterocycles. The molecule has 2 N–H and O–H groups in total. The molecule has 4 nitrogen and oxygen atoms in total. The number of aryl methyl sites for hydroxylation is 2. The second-order valence-corrected chi connectivity index (χ2v) is 5.58. The van der Waals surface area contributed by atoms with Crippen LogP contribution in [-0.4, -0.2) is 22.5 Å². The number of nitrogens with one attached hydrogen (secondary N) is 1. The molecule has 0 bridgehead atoms. The van der Waals surface area contributed by atoms with E-state index >= 15 is 0 Å². The Kier molecular flexibility index (Phi) is 5.52. The third kappa shape index (κ3) is 4.06. The highest BCUT2D eigenvalue weighted by Gasteiger charge is 2.15. The van der Waals surface area contributed by atoms with Gasteiger partial charge in [-0.1, -0.05) is 41.9 Å². The van der Waals surface area contributed by atoms with Crippen LogP contribution in [0.3, 0.4) is 0 Å². The summed E-state index contributed by atoms with van der Waals surface area (Å²) in [5, 5.41) is 13.0. The van der Waals surface area contributed by atoms with Crippen molar-refractivity contribution >= 4 is 17.5 Å². The van der Waals surface area contributed by atoms with Gasteiger partial charge in [0.15, 0.2) is 0 Å². The Morgan fingerprint density at radius 1 is 1.32 bits per heavy atom. The molecular formula is C17H19ClN2O2. The molecule has 1 heterocycles. The fraction of sp³-hybridized carbons (Fsp3) is 0.294. The molecule has 1 aromatic carbocycles. The van der Waals surface area contributed by atoms with E-state index < -0.39 is 6.10 Å². The lowest BCUT2D eigenvalue weighted by atomic mass is 10.1. The zero-order valence-electron chi connectivity index (χ0n) is 12.6. The van der Waals surface area contributed by atoms with Gasteiger partial charge < -0.3 is 10.4 Å². The number of halogens is 1. The average Bonchev–Trinajstić information content (AvgIpc) is 2.47. The first-order valence-corrected chi connectivity index (χ1v) is 7.51. The Hall–Kier alpha value is -1.91. The van der Waals surface area contributed by atoms with Gasteiger partial charge in [-0.15, -0.1) is 0 Å². The van der Waals surface area contributed by atoms with Crippen molar-refractivity contribution in [2.24, 2.45) is 0 Å². The highest BCUT2D eigenvalue weighted by Crippen LogP contribution is 2.19. The molecule has 0 aliphatic rings. The van der Waals surface area contributed by atoms with Crippen molar-refractivity contribution in [2.75, 3.05) is 6.54 Å². The molecule has 116 valence electrons. The molecule has 5 heteroatoms. The van der Waals surface area contributed by atoms with Crippen molar-refractivity contribution in [1.82, 2.24) is 10.3 Å². The van der Waals surface area contributed by atoms with Crippen LogP contribution < -0.4 is 5.32 Å². The molecule has 1 unspecified atom stereocenters. The zero-order valence-corrected chi connectivity index (χ0v) is 13.4. The maximum Gasteiger partial charge on any atom is 0.254 e. The lowest BCUT2D eigenvalue weighted by molar-refractivity contribution is 0.0942. The van der Waals surface area contributed by atoms with Crippen LogP contribution in [0.4, 0.5) is 0 Å². The van der Waals surface area contributed by atoms with Gasteiger partial charge in [-0.25, -0.2) is 4.98 Å². The molecule has 0 spiro atoms. The number of aromatic nitrogens is 1. The summed E-state index contributed by atoms with van der Waals surface area (Å²) >= 11 is 6.05. The van der Waals surface area contributed by atoms with Crippen molar-refractivity contribution < 1.29 is 9.90 Å². The van der Waals surface area contributed by atoms with E-state index in [-0.39, 0.29) is 11.1 Å². The second-order valence-electron chi connectivity index (χ2n) is 5.22. The van der Waals surface area contributed by atoms with Gasteiger partial charge in [-0.05, 0) is 37.5 Å². The van der Waals surface area contributed by atoms with Crippen molar-refractivity contribution in [2.45, 2.75) is 26.4 Å². The van der Waals surface area contributed by atoms with E-state index in [4.69, 9.17) is 11.6 Å². The average molecular weight is 319 g/mol. The maximum absolute atomic E-state index is 12.2. The number of benzene rings is 1. The number of carbonyl (C=O) groups excluding carboxylic acids is 1. The predicted octanol–water partition coefficient (Wildman–Crippen LogP) is 3.21. The second kappa shape index (κ2) is 7.38. The van der Waals surface area contributed by atoms with Crippen LogP contribution in [0.15, 0.2) is 36.4 Å². The van der Waals surface area contributed by atoms with Gasteiger partial charge in [0, 0.05) is 12.2 Å².